The van der Waals surface area contributed by atoms with Crippen LogP contribution in [0.3, 0.4) is 0 Å². The van der Waals surface area contributed by atoms with Crippen molar-refractivity contribution in [3.05, 3.63) is 72.9 Å². The number of unbranched alkanes of at least 4 members (excludes halogenated alkanes) is 15. The van der Waals surface area contributed by atoms with Crippen LogP contribution in [0.4, 0.5) is 0 Å². The van der Waals surface area contributed by atoms with E-state index in [1.54, 1.807) is 24.3 Å². The van der Waals surface area contributed by atoms with Crippen LogP contribution in [0.15, 0.2) is 72.9 Å². The Morgan fingerprint density at radius 3 is 1.66 bits per heavy atom. The fourth-order valence-corrected chi connectivity index (χ4v) is 7.02. The number of allylic oxidation sites excluding steroid dienone is 10. The predicted octanol–water partition coefficient (Wildman–Crippen LogP) is 12.1. The zero-order valence-corrected chi connectivity index (χ0v) is 39.7. The molecule has 0 fully saturated rings. The number of hydrogen-bond acceptors (Lipinski definition) is 10. The summed E-state index contributed by atoms with van der Waals surface area (Å²) in [7, 11) is -4.66. The van der Waals surface area contributed by atoms with E-state index >= 15 is 0 Å². The van der Waals surface area contributed by atoms with E-state index in [1.807, 2.05) is 12.2 Å². The fraction of sp³-hybridized carbons (Fsp3) is 0.720. The Labute approximate surface area is 376 Å². The van der Waals surface area contributed by atoms with E-state index in [1.165, 1.54) is 83.5 Å². The number of rotatable bonds is 43. The molecule has 12 heteroatoms. The van der Waals surface area contributed by atoms with Gasteiger partial charge in [0.15, 0.2) is 6.10 Å². The quantitative estimate of drug-likeness (QED) is 0.0151. The lowest BCUT2D eigenvalue weighted by Crippen LogP contribution is -2.29. The Kier molecular flexibility index (Phi) is 41.8. The Bertz CT molecular complexity index is 1290. The molecule has 0 aliphatic rings. The SMILES string of the molecule is CC/C=C\C/C=C\C/C=C\C/C=C\C=C/C(O)C/C=C\CCC(=O)OC[C@H](COP(=O)(O)OC[C@@H](O)CO)OC(=O)CCCCCCCCCCCCCCCCCCC(C)C. The third-order valence-corrected chi connectivity index (χ3v) is 10.8. The highest BCUT2D eigenvalue weighted by Crippen LogP contribution is 2.43. The standard InChI is InChI=1S/C50H87O11P/c1-4-5-6-7-8-9-10-15-19-22-25-28-32-37-46(52)38-33-30-35-39-49(54)58-43-48(44-60-62(56,57)59-42-47(53)41-51)61-50(55)40-34-29-26-23-20-17-14-12-11-13-16-18-21-24-27-31-36-45(2)3/h5-6,8-9,15,19,25,28,30,32-33,37,45-48,51-53H,4,7,10-14,16-18,20-24,26-27,29,31,34-36,38-44H2,1-3H3,(H,56,57)/b6-5-,9-8-,19-15-,28-25-,33-30-,37-32-/t46?,47-,48+/m0/s1. The highest BCUT2D eigenvalue weighted by molar-refractivity contribution is 7.47. The first kappa shape index (κ1) is 59.4. The van der Waals surface area contributed by atoms with E-state index in [0.29, 0.717) is 19.3 Å². The normalized spacial score (nSPS) is 15.0. The number of carbonyl (C=O) groups is 2. The maximum atomic E-state index is 12.7. The molecule has 0 bridgehead atoms. The van der Waals surface area contributed by atoms with Gasteiger partial charge in [-0.3, -0.25) is 18.6 Å². The molecular formula is C50H87O11P. The smallest absolute Gasteiger partial charge is 0.462 e. The summed E-state index contributed by atoms with van der Waals surface area (Å²) in [5.74, 6) is -0.281. The Hall–Kier alpha value is -2.63. The Morgan fingerprint density at radius 2 is 1.11 bits per heavy atom. The van der Waals surface area contributed by atoms with Crippen molar-refractivity contribution in [2.24, 2.45) is 5.92 Å². The summed E-state index contributed by atoms with van der Waals surface area (Å²) in [6.07, 6.45) is 46.2. The van der Waals surface area contributed by atoms with Gasteiger partial charge in [0.1, 0.15) is 12.7 Å². The molecule has 2 unspecified atom stereocenters. The first-order chi connectivity index (χ1) is 30.0. The number of hydrogen-bond donors (Lipinski definition) is 4. The lowest BCUT2D eigenvalue weighted by Gasteiger charge is -2.20. The maximum absolute atomic E-state index is 12.7. The van der Waals surface area contributed by atoms with Crippen LogP contribution < -0.4 is 0 Å². The zero-order valence-electron chi connectivity index (χ0n) is 38.8. The molecule has 0 saturated carbocycles. The van der Waals surface area contributed by atoms with Crippen molar-refractivity contribution in [1.82, 2.24) is 0 Å². The molecule has 0 aromatic rings. The third kappa shape index (κ3) is 44.0. The van der Waals surface area contributed by atoms with Gasteiger partial charge in [0, 0.05) is 12.8 Å². The number of ether oxygens (including phenoxy) is 2. The van der Waals surface area contributed by atoms with Crippen molar-refractivity contribution in [2.45, 2.75) is 200 Å². The second-order valence-electron chi connectivity index (χ2n) is 16.4. The van der Waals surface area contributed by atoms with Crippen molar-refractivity contribution in [2.75, 3.05) is 26.4 Å². The van der Waals surface area contributed by atoms with Gasteiger partial charge in [-0.1, -0.05) is 196 Å². The van der Waals surface area contributed by atoms with E-state index in [2.05, 4.69) is 61.8 Å². The van der Waals surface area contributed by atoms with E-state index < -0.39 is 64.5 Å². The van der Waals surface area contributed by atoms with Crippen LogP contribution in [0.5, 0.6) is 0 Å². The third-order valence-electron chi connectivity index (χ3n) is 9.90. The zero-order chi connectivity index (χ0) is 45.8. The highest BCUT2D eigenvalue weighted by Gasteiger charge is 2.27. The first-order valence-corrected chi connectivity index (χ1v) is 25.4. The van der Waals surface area contributed by atoms with Crippen molar-refractivity contribution in [3.63, 3.8) is 0 Å². The second kappa shape index (κ2) is 43.6. The van der Waals surface area contributed by atoms with Gasteiger partial charge in [-0.2, -0.15) is 0 Å². The van der Waals surface area contributed by atoms with Crippen molar-refractivity contribution < 1.29 is 52.9 Å². The largest absolute Gasteiger partial charge is 0.472 e. The average molecular weight is 895 g/mol. The number of carbonyl (C=O) groups excluding carboxylic acids is 2. The van der Waals surface area contributed by atoms with Gasteiger partial charge >= 0.3 is 19.8 Å². The van der Waals surface area contributed by atoms with Gasteiger partial charge < -0.3 is 29.7 Å². The van der Waals surface area contributed by atoms with Gasteiger partial charge in [0.2, 0.25) is 0 Å². The van der Waals surface area contributed by atoms with Crippen molar-refractivity contribution >= 4 is 19.8 Å². The van der Waals surface area contributed by atoms with E-state index in [0.717, 1.165) is 50.9 Å². The molecule has 0 spiro atoms. The van der Waals surface area contributed by atoms with Gasteiger partial charge in [0.05, 0.1) is 25.9 Å². The minimum absolute atomic E-state index is 0.0332. The fourth-order valence-electron chi connectivity index (χ4n) is 6.23. The van der Waals surface area contributed by atoms with E-state index in [4.69, 9.17) is 19.1 Å². The lowest BCUT2D eigenvalue weighted by atomic mass is 10.0. The van der Waals surface area contributed by atoms with E-state index in [9.17, 15) is 29.3 Å². The lowest BCUT2D eigenvalue weighted by molar-refractivity contribution is -0.161. The number of esters is 2. The highest BCUT2D eigenvalue weighted by atomic mass is 31.2. The monoisotopic (exact) mass is 895 g/mol. The molecule has 62 heavy (non-hydrogen) atoms. The van der Waals surface area contributed by atoms with Crippen LogP contribution in [0.1, 0.15) is 181 Å². The molecule has 0 amide bonds. The van der Waals surface area contributed by atoms with Crippen molar-refractivity contribution in [3.8, 4) is 0 Å². The molecule has 358 valence electrons. The molecule has 0 rings (SSSR count). The van der Waals surface area contributed by atoms with Gasteiger partial charge in [-0.25, -0.2) is 4.57 Å². The summed E-state index contributed by atoms with van der Waals surface area (Å²) >= 11 is 0. The van der Waals surface area contributed by atoms with Crippen LogP contribution >= 0.6 is 7.82 Å². The summed E-state index contributed by atoms with van der Waals surface area (Å²) in [5, 5.41) is 28.6. The molecule has 0 aliphatic heterocycles. The number of aliphatic hydroxyl groups is 3. The molecule has 0 saturated heterocycles. The van der Waals surface area contributed by atoms with Gasteiger partial charge in [-0.05, 0) is 50.9 Å². The molecule has 4 atom stereocenters. The molecule has 0 heterocycles. The molecule has 0 aromatic heterocycles. The van der Waals surface area contributed by atoms with Crippen LogP contribution in [-0.2, 0) is 32.7 Å². The van der Waals surface area contributed by atoms with Crippen LogP contribution in [0.2, 0.25) is 0 Å². The molecule has 0 radical (unpaired) electrons. The Balaban J connectivity index is 4.42. The second-order valence-corrected chi connectivity index (χ2v) is 17.9. The number of aliphatic hydroxyl groups excluding tert-OH is 3. The molecule has 0 aliphatic carbocycles. The minimum Gasteiger partial charge on any atom is -0.462 e. The minimum atomic E-state index is -4.66. The molecule has 11 nitrogen and oxygen atoms in total. The molecular weight excluding hydrogens is 808 g/mol. The summed E-state index contributed by atoms with van der Waals surface area (Å²) in [6.45, 7) is 4.42. The Morgan fingerprint density at radius 1 is 0.597 bits per heavy atom. The molecule has 4 N–H and O–H groups in total. The topological polar surface area (TPSA) is 169 Å². The number of phosphoric acid groups is 1. The maximum Gasteiger partial charge on any atom is 0.472 e. The summed E-state index contributed by atoms with van der Waals surface area (Å²) in [6, 6.07) is 0. The van der Waals surface area contributed by atoms with Crippen LogP contribution in [0, 0.1) is 5.92 Å². The predicted molar refractivity (Wildman–Crippen MR) is 252 cm³/mol. The van der Waals surface area contributed by atoms with Crippen LogP contribution in [0.25, 0.3) is 0 Å². The summed E-state index contributed by atoms with van der Waals surface area (Å²) in [5.41, 5.74) is 0. The number of phosphoric ester groups is 1. The summed E-state index contributed by atoms with van der Waals surface area (Å²) < 4.78 is 32.7. The van der Waals surface area contributed by atoms with Gasteiger partial charge in [-0.15, -0.1) is 0 Å². The summed E-state index contributed by atoms with van der Waals surface area (Å²) in [4.78, 5) is 35.1. The molecule has 0 aromatic carbocycles. The van der Waals surface area contributed by atoms with Crippen LogP contribution in [-0.4, -0.2) is 76.9 Å². The van der Waals surface area contributed by atoms with Crippen molar-refractivity contribution in [1.29, 1.82) is 0 Å². The average Bonchev–Trinajstić information content (AvgIpc) is 3.24. The van der Waals surface area contributed by atoms with E-state index in [-0.39, 0.29) is 12.8 Å². The van der Waals surface area contributed by atoms with Gasteiger partial charge in [0.25, 0.3) is 0 Å². The first-order valence-electron chi connectivity index (χ1n) is 23.9.